The average molecular weight is 423 g/mol. The lowest BCUT2D eigenvalue weighted by Gasteiger charge is -2.55. The maximum atomic E-state index is 12.6. The van der Waals surface area contributed by atoms with Gasteiger partial charge in [0.1, 0.15) is 17.7 Å². The Morgan fingerprint density at radius 3 is 2.67 bits per heavy atom. The minimum Gasteiger partial charge on any atom is -0.477 e. The number of esters is 1. The van der Waals surface area contributed by atoms with Gasteiger partial charge in [-0.25, -0.2) is 4.79 Å². The molecule has 9 nitrogen and oxygen atoms in total. The molecule has 2 rings (SSSR count). The fourth-order valence-corrected chi connectivity index (χ4v) is 4.04. The molecule has 2 aliphatic heterocycles. The number of carbonyl (C=O) groups is 4. The van der Waals surface area contributed by atoms with Gasteiger partial charge in [0.25, 0.3) is 11.6 Å². The normalized spacial score (nSPS) is 25.7. The molecule has 0 saturated carbocycles. The van der Waals surface area contributed by atoms with E-state index in [9.17, 15) is 24.3 Å². The van der Waals surface area contributed by atoms with Gasteiger partial charge in [0.15, 0.2) is 0 Å². The molecule has 132 valence electrons. The van der Waals surface area contributed by atoms with Gasteiger partial charge in [-0.15, -0.1) is 11.8 Å². The van der Waals surface area contributed by atoms with Gasteiger partial charge >= 0.3 is 11.9 Å². The number of nitrogens with one attached hydrogen (secondary N) is 1. The number of thioether (sulfide) groups is 1. The Morgan fingerprint density at radius 2 is 2.17 bits per heavy atom. The van der Waals surface area contributed by atoms with Gasteiger partial charge in [0.05, 0.1) is 5.33 Å². The van der Waals surface area contributed by atoms with E-state index < -0.39 is 34.9 Å². The van der Waals surface area contributed by atoms with Gasteiger partial charge in [-0.2, -0.15) is 0 Å². The number of β-lactam (4-membered cyclic amide) rings is 1. The first-order chi connectivity index (χ1) is 11.3. The molecule has 1 saturated heterocycles. The molecular formula is C13H15BrN2O7S. The van der Waals surface area contributed by atoms with E-state index in [1.165, 1.54) is 25.8 Å². The molecule has 2 N–H and O–H groups in total. The highest BCUT2D eigenvalue weighted by Crippen LogP contribution is 2.46. The molecule has 0 aromatic rings. The second-order valence-corrected chi connectivity index (χ2v) is 6.63. The van der Waals surface area contributed by atoms with E-state index in [4.69, 9.17) is 9.47 Å². The summed E-state index contributed by atoms with van der Waals surface area (Å²) in [7, 11) is 1.27. The zero-order valence-corrected chi connectivity index (χ0v) is 15.2. The number of hydrogen-bond donors (Lipinski definition) is 2. The molecule has 0 aliphatic carbocycles. The maximum absolute atomic E-state index is 12.6. The topological polar surface area (TPSA) is 122 Å². The Hall–Kier alpha value is -1.59. The zero-order valence-electron chi connectivity index (χ0n) is 12.8. The minimum atomic E-state index is -1.61. The van der Waals surface area contributed by atoms with E-state index in [1.807, 2.05) is 0 Å². The predicted octanol–water partition coefficient (Wildman–Crippen LogP) is -0.343. The summed E-state index contributed by atoms with van der Waals surface area (Å²) in [4.78, 5) is 47.8. The Labute approximate surface area is 149 Å². The summed E-state index contributed by atoms with van der Waals surface area (Å²) in [5, 5.41) is 11.2. The first-order valence-electron chi connectivity index (χ1n) is 6.74. The van der Waals surface area contributed by atoms with Crippen LogP contribution in [-0.4, -0.2) is 69.7 Å². The SMILES string of the molecule is CO[C@@]1(NC(=O)CBr)C(=O)N2C(C(=O)O)=C(COC(C)=O)CS[C@H]21. The summed E-state index contributed by atoms with van der Waals surface area (Å²) in [6.45, 7) is 0.995. The number of rotatable bonds is 6. The number of halogens is 1. The summed E-state index contributed by atoms with van der Waals surface area (Å²) in [6, 6.07) is 0. The number of ether oxygens (including phenoxy) is 2. The smallest absolute Gasteiger partial charge is 0.352 e. The number of aliphatic carboxylic acids is 1. The van der Waals surface area contributed by atoms with Crippen molar-refractivity contribution in [2.45, 2.75) is 18.0 Å². The highest BCUT2D eigenvalue weighted by Gasteiger charge is 2.66. The van der Waals surface area contributed by atoms with Crippen molar-refractivity contribution in [1.29, 1.82) is 0 Å². The third kappa shape index (κ3) is 3.03. The van der Waals surface area contributed by atoms with Crippen molar-refractivity contribution >= 4 is 51.4 Å². The fraction of sp³-hybridized carbons (Fsp3) is 0.538. The standard InChI is InChI=1S/C13H15BrN2O7S/c1-6(17)23-4-7-5-24-12-13(22-2,15-8(18)3-14)11(21)16(12)9(7)10(19)20/h12H,3-5H2,1-2H3,(H,15,18)(H,19,20)/t12-,13-/m0/s1. The molecule has 0 radical (unpaired) electrons. The van der Waals surface area contributed by atoms with Gasteiger partial charge in [0.2, 0.25) is 5.91 Å². The summed E-state index contributed by atoms with van der Waals surface area (Å²) in [5.74, 6) is -2.79. The third-order valence-corrected chi connectivity index (χ3v) is 5.41. The second kappa shape index (κ2) is 7.11. The van der Waals surface area contributed by atoms with Crippen LogP contribution in [0, 0.1) is 0 Å². The summed E-state index contributed by atoms with van der Waals surface area (Å²) in [5.41, 5.74) is -1.54. The van der Waals surface area contributed by atoms with Crippen molar-refractivity contribution in [3.05, 3.63) is 11.3 Å². The number of amides is 2. The average Bonchev–Trinajstić information content (AvgIpc) is 2.55. The van der Waals surface area contributed by atoms with Crippen LogP contribution in [0.15, 0.2) is 11.3 Å². The van der Waals surface area contributed by atoms with Gasteiger partial charge in [-0.1, -0.05) is 15.9 Å². The number of carbonyl (C=O) groups excluding carboxylic acids is 3. The van der Waals surface area contributed by atoms with E-state index in [2.05, 4.69) is 21.2 Å². The number of hydrogen-bond acceptors (Lipinski definition) is 7. The van der Waals surface area contributed by atoms with Crippen molar-refractivity contribution in [2.75, 3.05) is 24.8 Å². The molecule has 2 aliphatic rings. The molecule has 2 amide bonds. The van der Waals surface area contributed by atoms with Crippen LogP contribution >= 0.6 is 27.7 Å². The first-order valence-corrected chi connectivity index (χ1v) is 8.91. The fourth-order valence-electron chi connectivity index (χ4n) is 2.48. The minimum absolute atomic E-state index is 0.0257. The number of alkyl halides is 1. The van der Waals surface area contributed by atoms with Crippen LogP contribution in [0.5, 0.6) is 0 Å². The van der Waals surface area contributed by atoms with E-state index in [0.717, 1.165) is 4.90 Å². The largest absolute Gasteiger partial charge is 0.477 e. The van der Waals surface area contributed by atoms with Crippen LogP contribution in [0.25, 0.3) is 0 Å². The first kappa shape index (κ1) is 18.7. The molecule has 24 heavy (non-hydrogen) atoms. The van der Waals surface area contributed by atoms with Crippen molar-refractivity contribution in [1.82, 2.24) is 10.2 Å². The molecule has 0 spiro atoms. The summed E-state index contributed by atoms with van der Waals surface area (Å²) in [6.07, 6.45) is 0. The van der Waals surface area contributed by atoms with Crippen molar-refractivity contribution in [2.24, 2.45) is 0 Å². The Balaban J connectivity index is 2.32. The van der Waals surface area contributed by atoms with E-state index in [1.54, 1.807) is 0 Å². The van der Waals surface area contributed by atoms with Gasteiger partial charge in [-0.3, -0.25) is 19.3 Å². The van der Waals surface area contributed by atoms with Gasteiger partial charge < -0.3 is 19.9 Å². The van der Waals surface area contributed by atoms with Crippen LogP contribution < -0.4 is 5.32 Å². The number of methoxy groups -OCH3 is 1. The van der Waals surface area contributed by atoms with Gasteiger partial charge in [-0.05, 0) is 0 Å². The monoisotopic (exact) mass is 422 g/mol. The van der Waals surface area contributed by atoms with Gasteiger partial charge in [0, 0.05) is 25.4 Å². The summed E-state index contributed by atoms with van der Waals surface area (Å²) >= 11 is 4.20. The van der Waals surface area contributed by atoms with Crippen LogP contribution in [-0.2, 0) is 28.7 Å². The van der Waals surface area contributed by atoms with Crippen LogP contribution in [0.4, 0.5) is 0 Å². The third-order valence-electron chi connectivity index (χ3n) is 3.53. The zero-order chi connectivity index (χ0) is 18.1. The highest BCUT2D eigenvalue weighted by molar-refractivity contribution is 9.09. The Bertz CT molecular complexity index is 638. The van der Waals surface area contributed by atoms with Crippen molar-refractivity contribution in [3.8, 4) is 0 Å². The number of carboxylic acid groups (broad SMARTS) is 1. The highest BCUT2D eigenvalue weighted by atomic mass is 79.9. The molecule has 0 bridgehead atoms. The summed E-state index contributed by atoms with van der Waals surface area (Å²) < 4.78 is 10.1. The van der Waals surface area contributed by atoms with Crippen LogP contribution in [0.1, 0.15) is 6.92 Å². The lowest BCUT2D eigenvalue weighted by atomic mass is 9.98. The quantitative estimate of drug-likeness (QED) is 0.258. The van der Waals surface area contributed by atoms with Crippen LogP contribution in [0.3, 0.4) is 0 Å². The molecule has 0 unspecified atom stereocenters. The number of nitrogens with zero attached hydrogens (tertiary/aromatic N) is 1. The van der Waals surface area contributed by atoms with Crippen molar-refractivity contribution in [3.63, 3.8) is 0 Å². The Morgan fingerprint density at radius 1 is 1.50 bits per heavy atom. The number of carboxylic acids is 1. The lowest BCUT2D eigenvalue weighted by Crippen LogP contribution is -2.80. The molecule has 2 heterocycles. The van der Waals surface area contributed by atoms with E-state index in [0.29, 0.717) is 5.57 Å². The lowest BCUT2D eigenvalue weighted by molar-refractivity contribution is -0.192. The van der Waals surface area contributed by atoms with E-state index >= 15 is 0 Å². The van der Waals surface area contributed by atoms with Crippen LogP contribution in [0.2, 0.25) is 0 Å². The molecule has 11 heteroatoms. The Kier molecular flexibility index (Phi) is 5.56. The molecule has 2 atom stereocenters. The van der Waals surface area contributed by atoms with Crippen molar-refractivity contribution < 1.29 is 33.8 Å². The second-order valence-electron chi connectivity index (χ2n) is 5.00. The number of fused-ring (bicyclic) bond motifs is 1. The molecule has 1 fully saturated rings. The van der Waals surface area contributed by atoms with E-state index in [-0.39, 0.29) is 23.4 Å². The maximum Gasteiger partial charge on any atom is 0.352 e. The molecule has 0 aromatic heterocycles. The predicted molar refractivity (Wildman–Crippen MR) is 86.1 cm³/mol. The molecule has 0 aromatic carbocycles. The molecular weight excluding hydrogens is 408 g/mol.